The Labute approximate surface area is 102 Å². The lowest BCUT2D eigenvalue weighted by atomic mass is 9.81. The first-order chi connectivity index (χ1) is 8.34. The molecule has 1 aliphatic carbocycles. The van der Waals surface area contributed by atoms with Crippen LogP contribution in [0.5, 0.6) is 0 Å². The van der Waals surface area contributed by atoms with Crippen LogP contribution < -0.4 is 5.32 Å². The summed E-state index contributed by atoms with van der Waals surface area (Å²) in [5.41, 5.74) is 2.24. The van der Waals surface area contributed by atoms with Crippen molar-refractivity contribution in [2.24, 2.45) is 5.92 Å². The van der Waals surface area contributed by atoms with E-state index in [2.05, 4.69) is 11.4 Å². The third-order valence-electron chi connectivity index (χ3n) is 4.20. The second-order valence-electron chi connectivity index (χ2n) is 5.37. The highest BCUT2D eigenvalue weighted by Crippen LogP contribution is 2.39. The van der Waals surface area contributed by atoms with Gasteiger partial charge in [-0.05, 0) is 24.0 Å². The Morgan fingerprint density at radius 3 is 2.71 bits per heavy atom. The van der Waals surface area contributed by atoms with Gasteiger partial charge in [0, 0.05) is 5.69 Å². The minimum atomic E-state index is 0.106. The molecule has 0 radical (unpaired) electrons. The van der Waals surface area contributed by atoms with Crippen LogP contribution in [0.3, 0.4) is 0 Å². The highest BCUT2D eigenvalue weighted by molar-refractivity contribution is 6.02. The largest absolute Gasteiger partial charge is 0.325 e. The Morgan fingerprint density at radius 1 is 1.12 bits per heavy atom. The van der Waals surface area contributed by atoms with Gasteiger partial charge >= 0.3 is 0 Å². The molecule has 0 aromatic heterocycles. The Balaban J connectivity index is 1.76. The molecule has 2 aliphatic rings. The van der Waals surface area contributed by atoms with Gasteiger partial charge in [-0.1, -0.05) is 50.3 Å². The van der Waals surface area contributed by atoms with E-state index in [1.54, 1.807) is 0 Å². The van der Waals surface area contributed by atoms with E-state index >= 15 is 0 Å². The Kier molecular flexibility index (Phi) is 2.87. The lowest BCUT2D eigenvalue weighted by Crippen LogP contribution is -2.17. The molecule has 1 aromatic rings. The second-order valence-corrected chi connectivity index (χ2v) is 5.37. The molecule has 1 saturated carbocycles. The molecule has 1 aromatic carbocycles. The Hall–Kier alpha value is -1.31. The Morgan fingerprint density at radius 2 is 1.88 bits per heavy atom. The van der Waals surface area contributed by atoms with Gasteiger partial charge in [0.1, 0.15) is 0 Å². The number of carbonyl (C=O) groups is 1. The third kappa shape index (κ3) is 2.08. The van der Waals surface area contributed by atoms with Gasteiger partial charge in [-0.2, -0.15) is 0 Å². The maximum atomic E-state index is 12.0. The molecule has 1 amide bonds. The summed E-state index contributed by atoms with van der Waals surface area (Å²) in [5, 5.41) is 3.00. The van der Waals surface area contributed by atoms with Gasteiger partial charge in [0.05, 0.1) is 5.92 Å². The summed E-state index contributed by atoms with van der Waals surface area (Å²) in [6.07, 6.45) is 7.74. The molecule has 1 unspecified atom stereocenters. The van der Waals surface area contributed by atoms with E-state index < -0.39 is 0 Å². The summed E-state index contributed by atoms with van der Waals surface area (Å²) < 4.78 is 0. The van der Waals surface area contributed by atoms with E-state index in [0.29, 0.717) is 0 Å². The van der Waals surface area contributed by atoms with Gasteiger partial charge in [-0.25, -0.2) is 0 Å². The fraction of sp³-hybridized carbons (Fsp3) is 0.533. The quantitative estimate of drug-likeness (QED) is 0.823. The fourth-order valence-electron chi connectivity index (χ4n) is 3.27. The van der Waals surface area contributed by atoms with Crippen molar-refractivity contribution in [2.45, 2.75) is 44.4 Å². The number of amides is 1. The minimum Gasteiger partial charge on any atom is -0.325 e. The predicted octanol–water partition coefficient (Wildman–Crippen LogP) is 3.69. The van der Waals surface area contributed by atoms with Crippen LogP contribution in [0.2, 0.25) is 0 Å². The van der Waals surface area contributed by atoms with Gasteiger partial charge in [0.25, 0.3) is 0 Å². The Bertz CT molecular complexity index is 421. The molecule has 2 heteroatoms. The van der Waals surface area contributed by atoms with Gasteiger partial charge in [-0.15, -0.1) is 0 Å². The predicted molar refractivity (Wildman–Crippen MR) is 69.0 cm³/mol. The van der Waals surface area contributed by atoms with E-state index in [9.17, 15) is 4.79 Å². The minimum absolute atomic E-state index is 0.106. The van der Waals surface area contributed by atoms with Crippen molar-refractivity contribution in [1.29, 1.82) is 0 Å². The molecule has 2 nitrogen and oxygen atoms in total. The summed E-state index contributed by atoms with van der Waals surface area (Å²) in [4.78, 5) is 12.0. The lowest BCUT2D eigenvalue weighted by Gasteiger charge is -2.23. The smallest absolute Gasteiger partial charge is 0.232 e. The molecule has 90 valence electrons. The monoisotopic (exact) mass is 229 g/mol. The third-order valence-corrected chi connectivity index (χ3v) is 4.20. The summed E-state index contributed by atoms with van der Waals surface area (Å²) >= 11 is 0. The zero-order valence-corrected chi connectivity index (χ0v) is 10.1. The van der Waals surface area contributed by atoms with Crippen LogP contribution in [0.15, 0.2) is 24.3 Å². The number of hydrogen-bond donors (Lipinski definition) is 1. The van der Waals surface area contributed by atoms with Crippen molar-refractivity contribution in [3.63, 3.8) is 0 Å². The second kappa shape index (κ2) is 4.52. The van der Waals surface area contributed by atoms with Crippen LogP contribution >= 0.6 is 0 Å². The number of fused-ring (bicyclic) bond motifs is 1. The summed E-state index contributed by atoms with van der Waals surface area (Å²) in [6, 6.07) is 8.13. The molecule has 1 atom stereocenters. The normalized spacial score (nSPS) is 24.5. The van der Waals surface area contributed by atoms with E-state index in [1.807, 2.05) is 18.2 Å². The average Bonchev–Trinajstić information content (AvgIpc) is 2.68. The molecular formula is C15H19NO. The van der Waals surface area contributed by atoms with Crippen LogP contribution in [-0.2, 0) is 4.79 Å². The summed E-state index contributed by atoms with van der Waals surface area (Å²) in [5.74, 6) is 1.07. The van der Waals surface area contributed by atoms with E-state index in [-0.39, 0.29) is 11.8 Å². The topological polar surface area (TPSA) is 29.1 Å². The number of anilines is 1. The average molecular weight is 229 g/mol. The van der Waals surface area contributed by atoms with Crippen LogP contribution in [0.1, 0.15) is 50.0 Å². The molecule has 0 saturated heterocycles. The molecule has 1 fully saturated rings. The number of rotatable bonds is 2. The van der Waals surface area contributed by atoms with Crippen LogP contribution in [0, 0.1) is 5.92 Å². The van der Waals surface area contributed by atoms with E-state index in [4.69, 9.17) is 0 Å². The van der Waals surface area contributed by atoms with Crippen LogP contribution in [0.25, 0.3) is 0 Å². The highest BCUT2D eigenvalue weighted by atomic mass is 16.2. The summed E-state index contributed by atoms with van der Waals surface area (Å²) in [7, 11) is 0. The van der Waals surface area contributed by atoms with Crippen molar-refractivity contribution >= 4 is 11.6 Å². The van der Waals surface area contributed by atoms with Crippen molar-refractivity contribution in [3.8, 4) is 0 Å². The fourth-order valence-corrected chi connectivity index (χ4v) is 3.27. The van der Waals surface area contributed by atoms with Crippen molar-refractivity contribution in [3.05, 3.63) is 29.8 Å². The molecule has 3 rings (SSSR count). The lowest BCUT2D eigenvalue weighted by molar-refractivity contribution is -0.117. The van der Waals surface area contributed by atoms with Crippen molar-refractivity contribution < 1.29 is 4.79 Å². The molecular weight excluding hydrogens is 210 g/mol. The molecule has 0 spiro atoms. The standard InChI is InChI=1S/C15H19NO/c17-15-13(10-11-6-2-1-3-7-11)12-8-4-5-9-14(12)16-15/h4-5,8-9,11,13H,1-3,6-7,10H2,(H,16,17). The number of nitrogens with one attached hydrogen (secondary N) is 1. The first kappa shape index (κ1) is 10.8. The first-order valence-corrected chi connectivity index (χ1v) is 6.74. The summed E-state index contributed by atoms with van der Waals surface area (Å²) in [6.45, 7) is 0. The number of carbonyl (C=O) groups excluding carboxylic acids is 1. The molecule has 17 heavy (non-hydrogen) atoms. The SMILES string of the molecule is O=C1Nc2ccccc2C1CC1CCCCC1. The molecule has 1 aliphatic heterocycles. The van der Waals surface area contributed by atoms with Gasteiger partial charge in [0.15, 0.2) is 0 Å². The zero-order valence-electron chi connectivity index (χ0n) is 10.1. The number of hydrogen-bond acceptors (Lipinski definition) is 1. The molecule has 1 heterocycles. The first-order valence-electron chi connectivity index (χ1n) is 6.74. The van der Waals surface area contributed by atoms with Crippen LogP contribution in [-0.4, -0.2) is 5.91 Å². The molecule has 0 bridgehead atoms. The molecule has 1 N–H and O–H groups in total. The van der Waals surface area contributed by atoms with Gasteiger partial charge in [-0.3, -0.25) is 4.79 Å². The van der Waals surface area contributed by atoms with Crippen molar-refractivity contribution in [2.75, 3.05) is 5.32 Å². The zero-order chi connectivity index (χ0) is 11.7. The van der Waals surface area contributed by atoms with E-state index in [1.165, 1.54) is 37.7 Å². The number of benzene rings is 1. The van der Waals surface area contributed by atoms with Gasteiger partial charge in [0.2, 0.25) is 5.91 Å². The van der Waals surface area contributed by atoms with E-state index in [0.717, 1.165) is 18.0 Å². The van der Waals surface area contributed by atoms with Crippen molar-refractivity contribution in [1.82, 2.24) is 0 Å². The maximum Gasteiger partial charge on any atom is 0.232 e. The van der Waals surface area contributed by atoms with Gasteiger partial charge < -0.3 is 5.32 Å². The number of para-hydroxylation sites is 1. The maximum absolute atomic E-state index is 12.0. The van der Waals surface area contributed by atoms with Crippen LogP contribution in [0.4, 0.5) is 5.69 Å². The highest BCUT2D eigenvalue weighted by Gasteiger charge is 2.32.